The average molecular weight is 349 g/mol. The van der Waals surface area contributed by atoms with Crippen LogP contribution < -0.4 is 0 Å². The van der Waals surface area contributed by atoms with E-state index in [4.69, 9.17) is 23.2 Å². The molecule has 3 rings (SSSR count). The van der Waals surface area contributed by atoms with E-state index in [0.29, 0.717) is 11.3 Å². The van der Waals surface area contributed by atoms with Crippen molar-refractivity contribution < 1.29 is 5.11 Å². The zero-order valence-electron chi connectivity index (χ0n) is 12.5. The molecule has 2 aromatic heterocycles. The van der Waals surface area contributed by atoms with Crippen LogP contribution in [0.2, 0.25) is 10.3 Å². The molecule has 0 aliphatic carbocycles. The first-order valence-corrected chi connectivity index (χ1v) is 7.66. The van der Waals surface area contributed by atoms with Crippen LogP contribution in [0.25, 0.3) is 11.3 Å². The third-order valence-corrected chi connectivity index (χ3v) is 4.32. The molecule has 0 spiro atoms. The van der Waals surface area contributed by atoms with E-state index in [2.05, 4.69) is 20.2 Å². The summed E-state index contributed by atoms with van der Waals surface area (Å²) in [6.45, 7) is 3.60. The molecule has 7 heteroatoms. The van der Waals surface area contributed by atoms with Crippen molar-refractivity contribution in [3.63, 3.8) is 0 Å². The van der Waals surface area contributed by atoms with Gasteiger partial charge in [0.05, 0.1) is 17.5 Å². The lowest BCUT2D eigenvalue weighted by molar-refractivity contribution is 0.102. The Hall–Kier alpha value is -1.95. The van der Waals surface area contributed by atoms with Crippen molar-refractivity contribution >= 4 is 23.2 Å². The SMILES string of the molecule is Cc1ccc(-c2[nH]ncc2C(C)(O)c2c(Cl)ncnc2Cl)cc1. The van der Waals surface area contributed by atoms with Crippen molar-refractivity contribution in [2.75, 3.05) is 0 Å². The second-order valence-electron chi connectivity index (χ2n) is 5.43. The molecule has 5 nitrogen and oxygen atoms in total. The summed E-state index contributed by atoms with van der Waals surface area (Å²) in [7, 11) is 0. The molecule has 0 amide bonds. The maximum Gasteiger partial charge on any atom is 0.140 e. The highest BCUT2D eigenvalue weighted by Crippen LogP contribution is 2.40. The fraction of sp³-hybridized carbons (Fsp3) is 0.188. The second-order valence-corrected chi connectivity index (χ2v) is 6.14. The van der Waals surface area contributed by atoms with Crippen LogP contribution in [0.3, 0.4) is 0 Å². The van der Waals surface area contributed by atoms with Crippen molar-refractivity contribution in [1.82, 2.24) is 20.2 Å². The Morgan fingerprint density at radius 1 is 1.09 bits per heavy atom. The number of halogens is 2. The normalized spacial score (nSPS) is 13.8. The molecule has 1 aromatic carbocycles. The zero-order chi connectivity index (χ0) is 16.6. The van der Waals surface area contributed by atoms with Crippen LogP contribution in [0.5, 0.6) is 0 Å². The summed E-state index contributed by atoms with van der Waals surface area (Å²) >= 11 is 12.2. The molecule has 3 aromatic rings. The van der Waals surface area contributed by atoms with Crippen molar-refractivity contribution in [3.05, 3.63) is 63.8 Å². The summed E-state index contributed by atoms with van der Waals surface area (Å²) in [5.74, 6) is 0. The third-order valence-electron chi connectivity index (χ3n) is 3.75. The quantitative estimate of drug-likeness (QED) is 0.707. The number of rotatable bonds is 3. The van der Waals surface area contributed by atoms with Gasteiger partial charge in [-0.3, -0.25) is 5.10 Å². The largest absolute Gasteiger partial charge is 0.380 e. The molecule has 0 bridgehead atoms. The number of hydrogen-bond donors (Lipinski definition) is 2. The summed E-state index contributed by atoms with van der Waals surface area (Å²) in [4.78, 5) is 7.82. The zero-order valence-corrected chi connectivity index (χ0v) is 14.0. The van der Waals surface area contributed by atoms with E-state index in [0.717, 1.165) is 11.1 Å². The van der Waals surface area contributed by atoms with Gasteiger partial charge in [0.25, 0.3) is 0 Å². The molecule has 0 saturated heterocycles. The highest BCUT2D eigenvalue weighted by atomic mass is 35.5. The fourth-order valence-electron chi connectivity index (χ4n) is 2.48. The first-order valence-electron chi connectivity index (χ1n) is 6.91. The van der Waals surface area contributed by atoms with E-state index >= 15 is 0 Å². The lowest BCUT2D eigenvalue weighted by Crippen LogP contribution is -2.25. The van der Waals surface area contributed by atoms with Gasteiger partial charge in [0.2, 0.25) is 0 Å². The second kappa shape index (κ2) is 5.92. The molecule has 1 atom stereocenters. The summed E-state index contributed by atoms with van der Waals surface area (Å²) in [6.07, 6.45) is 2.80. The Morgan fingerprint density at radius 3 is 2.30 bits per heavy atom. The Kier molecular flexibility index (Phi) is 4.10. The van der Waals surface area contributed by atoms with E-state index < -0.39 is 5.60 Å². The van der Waals surface area contributed by atoms with Crippen LogP contribution in [0.15, 0.2) is 36.8 Å². The lowest BCUT2D eigenvalue weighted by atomic mass is 9.88. The summed E-state index contributed by atoms with van der Waals surface area (Å²) in [5.41, 5.74) is 2.02. The number of H-pyrrole nitrogens is 1. The number of hydrogen-bond acceptors (Lipinski definition) is 4. The van der Waals surface area contributed by atoms with E-state index in [1.165, 1.54) is 6.33 Å². The van der Waals surface area contributed by atoms with Crippen LogP contribution in [0, 0.1) is 6.92 Å². The Bertz CT molecular complexity index is 823. The molecule has 0 saturated carbocycles. The van der Waals surface area contributed by atoms with Gasteiger partial charge in [0.15, 0.2) is 0 Å². The Labute approximate surface area is 143 Å². The molecule has 0 aliphatic rings. The van der Waals surface area contributed by atoms with Gasteiger partial charge in [0.1, 0.15) is 22.2 Å². The minimum atomic E-state index is -1.50. The summed E-state index contributed by atoms with van der Waals surface area (Å²) in [6, 6.07) is 7.88. The molecule has 2 N–H and O–H groups in total. The van der Waals surface area contributed by atoms with Gasteiger partial charge in [-0.05, 0) is 19.4 Å². The summed E-state index contributed by atoms with van der Waals surface area (Å²) < 4.78 is 0. The number of benzene rings is 1. The highest BCUT2D eigenvalue weighted by Gasteiger charge is 2.35. The smallest absolute Gasteiger partial charge is 0.140 e. The van der Waals surface area contributed by atoms with E-state index in [1.54, 1.807) is 13.1 Å². The maximum absolute atomic E-state index is 11.1. The predicted molar refractivity (Wildman–Crippen MR) is 89.5 cm³/mol. The molecule has 1 unspecified atom stereocenters. The fourth-order valence-corrected chi connectivity index (χ4v) is 3.16. The highest BCUT2D eigenvalue weighted by molar-refractivity contribution is 6.34. The molecule has 118 valence electrons. The van der Waals surface area contributed by atoms with Crippen molar-refractivity contribution in [1.29, 1.82) is 0 Å². The van der Waals surface area contributed by atoms with Gasteiger partial charge < -0.3 is 5.11 Å². The number of aliphatic hydroxyl groups is 1. The van der Waals surface area contributed by atoms with Crippen LogP contribution in [-0.2, 0) is 5.60 Å². The van der Waals surface area contributed by atoms with E-state index in [1.807, 2.05) is 31.2 Å². The number of aryl methyl sites for hydroxylation is 1. The predicted octanol–water partition coefficient (Wildman–Crippen LogP) is 3.74. The number of aromatic nitrogens is 4. The van der Waals surface area contributed by atoms with Crippen LogP contribution in [0.4, 0.5) is 0 Å². The first kappa shape index (κ1) is 15.9. The lowest BCUT2D eigenvalue weighted by Gasteiger charge is -2.25. The number of nitrogens with zero attached hydrogens (tertiary/aromatic N) is 3. The molecule has 23 heavy (non-hydrogen) atoms. The number of nitrogens with one attached hydrogen (secondary N) is 1. The Morgan fingerprint density at radius 2 is 1.70 bits per heavy atom. The maximum atomic E-state index is 11.1. The van der Waals surface area contributed by atoms with Crippen molar-refractivity contribution in [2.45, 2.75) is 19.4 Å². The van der Waals surface area contributed by atoms with Gasteiger partial charge in [-0.25, -0.2) is 9.97 Å². The molecular formula is C16H14Cl2N4O. The topological polar surface area (TPSA) is 74.7 Å². The molecule has 0 radical (unpaired) electrons. The van der Waals surface area contributed by atoms with Gasteiger partial charge in [-0.15, -0.1) is 0 Å². The minimum Gasteiger partial charge on any atom is -0.380 e. The van der Waals surface area contributed by atoms with Crippen LogP contribution in [0.1, 0.15) is 23.6 Å². The third kappa shape index (κ3) is 2.83. The van der Waals surface area contributed by atoms with Crippen LogP contribution >= 0.6 is 23.2 Å². The van der Waals surface area contributed by atoms with Crippen molar-refractivity contribution in [3.8, 4) is 11.3 Å². The summed E-state index contributed by atoms with van der Waals surface area (Å²) in [5, 5.41) is 18.3. The van der Waals surface area contributed by atoms with E-state index in [-0.39, 0.29) is 15.9 Å². The first-order chi connectivity index (χ1) is 10.9. The molecular weight excluding hydrogens is 335 g/mol. The minimum absolute atomic E-state index is 0.103. The van der Waals surface area contributed by atoms with Crippen LogP contribution in [-0.4, -0.2) is 25.3 Å². The van der Waals surface area contributed by atoms with Gasteiger partial charge in [0, 0.05) is 5.56 Å². The van der Waals surface area contributed by atoms with Crippen molar-refractivity contribution in [2.24, 2.45) is 0 Å². The number of aromatic amines is 1. The van der Waals surface area contributed by atoms with E-state index in [9.17, 15) is 5.11 Å². The standard InChI is InChI=1S/C16H14Cl2N4O/c1-9-3-5-10(6-4-9)13-11(7-21-22-13)16(2,23)12-14(17)19-8-20-15(12)18/h3-8,23H,1-2H3,(H,21,22). The Balaban J connectivity index is 2.15. The average Bonchev–Trinajstić information content (AvgIpc) is 2.98. The molecule has 0 aliphatic heterocycles. The van der Waals surface area contributed by atoms with Gasteiger partial charge in [-0.2, -0.15) is 5.10 Å². The van der Waals surface area contributed by atoms with Gasteiger partial charge >= 0.3 is 0 Å². The van der Waals surface area contributed by atoms with Gasteiger partial charge in [-0.1, -0.05) is 53.0 Å². The molecule has 0 fully saturated rings. The molecule has 2 heterocycles. The monoisotopic (exact) mass is 348 g/mol.